The Labute approximate surface area is 120 Å². The standard InChI is InChI=1S/C14H16BrFN2O/c1-4-11-14(15)12(18(3)17-11)8-19-13-6-5-10(16)7-9(13)2/h5-7H,4,8H2,1-3H3. The van der Waals surface area contributed by atoms with Gasteiger partial charge in [-0.25, -0.2) is 4.39 Å². The summed E-state index contributed by atoms with van der Waals surface area (Å²) in [6.07, 6.45) is 0.865. The van der Waals surface area contributed by atoms with Gasteiger partial charge >= 0.3 is 0 Å². The van der Waals surface area contributed by atoms with Crippen molar-refractivity contribution in [3.63, 3.8) is 0 Å². The van der Waals surface area contributed by atoms with Crippen LogP contribution in [0.3, 0.4) is 0 Å². The van der Waals surface area contributed by atoms with Crippen molar-refractivity contribution < 1.29 is 9.13 Å². The smallest absolute Gasteiger partial charge is 0.131 e. The van der Waals surface area contributed by atoms with E-state index >= 15 is 0 Å². The highest BCUT2D eigenvalue weighted by Gasteiger charge is 2.13. The maximum atomic E-state index is 13.0. The molecule has 0 aliphatic rings. The SMILES string of the molecule is CCc1nn(C)c(COc2ccc(F)cc2C)c1Br. The van der Waals surface area contributed by atoms with Crippen LogP contribution in [0.15, 0.2) is 22.7 Å². The van der Waals surface area contributed by atoms with E-state index in [4.69, 9.17) is 4.74 Å². The number of aromatic nitrogens is 2. The number of nitrogens with zero attached hydrogens (tertiary/aromatic N) is 2. The van der Waals surface area contributed by atoms with Gasteiger partial charge in [0.25, 0.3) is 0 Å². The molecule has 0 amide bonds. The van der Waals surface area contributed by atoms with Crippen molar-refractivity contribution in [1.29, 1.82) is 0 Å². The van der Waals surface area contributed by atoms with Crippen molar-refractivity contribution >= 4 is 15.9 Å². The topological polar surface area (TPSA) is 27.1 Å². The van der Waals surface area contributed by atoms with Crippen LogP contribution in [0.5, 0.6) is 5.75 Å². The second kappa shape index (κ2) is 5.74. The van der Waals surface area contributed by atoms with Crippen LogP contribution in [0.4, 0.5) is 4.39 Å². The van der Waals surface area contributed by atoms with Crippen molar-refractivity contribution in [3.8, 4) is 5.75 Å². The van der Waals surface area contributed by atoms with Gasteiger partial charge in [0, 0.05) is 7.05 Å². The van der Waals surface area contributed by atoms with Crippen molar-refractivity contribution in [2.24, 2.45) is 7.05 Å². The average Bonchev–Trinajstić information content (AvgIpc) is 2.64. The second-order valence-electron chi connectivity index (χ2n) is 4.38. The quantitative estimate of drug-likeness (QED) is 0.855. The van der Waals surface area contributed by atoms with Gasteiger partial charge in [0.15, 0.2) is 0 Å². The molecule has 1 aromatic carbocycles. The molecule has 0 aliphatic carbocycles. The number of benzene rings is 1. The highest BCUT2D eigenvalue weighted by molar-refractivity contribution is 9.10. The summed E-state index contributed by atoms with van der Waals surface area (Å²) < 4.78 is 21.5. The zero-order valence-corrected chi connectivity index (χ0v) is 12.8. The van der Waals surface area contributed by atoms with Crippen LogP contribution in [-0.4, -0.2) is 9.78 Å². The molecule has 3 nitrogen and oxygen atoms in total. The Balaban J connectivity index is 2.16. The predicted molar refractivity (Wildman–Crippen MR) is 75.8 cm³/mol. The zero-order valence-electron chi connectivity index (χ0n) is 11.2. The molecule has 0 aliphatic heterocycles. The molecule has 0 N–H and O–H groups in total. The molecule has 0 radical (unpaired) electrons. The van der Waals surface area contributed by atoms with Gasteiger partial charge in [0.1, 0.15) is 18.2 Å². The van der Waals surface area contributed by atoms with E-state index in [1.54, 1.807) is 6.07 Å². The van der Waals surface area contributed by atoms with E-state index < -0.39 is 0 Å². The second-order valence-corrected chi connectivity index (χ2v) is 5.18. The summed E-state index contributed by atoms with van der Waals surface area (Å²) in [6, 6.07) is 4.51. The molecule has 102 valence electrons. The fourth-order valence-electron chi connectivity index (χ4n) is 1.90. The molecule has 0 fully saturated rings. The summed E-state index contributed by atoms with van der Waals surface area (Å²) in [5, 5.41) is 4.41. The van der Waals surface area contributed by atoms with E-state index in [1.807, 2.05) is 18.7 Å². The molecule has 2 aromatic rings. The van der Waals surface area contributed by atoms with Gasteiger partial charge in [-0.1, -0.05) is 6.92 Å². The summed E-state index contributed by atoms with van der Waals surface area (Å²) in [5.74, 6) is 0.437. The molecule has 5 heteroatoms. The van der Waals surface area contributed by atoms with Crippen molar-refractivity contribution in [2.45, 2.75) is 26.9 Å². The van der Waals surface area contributed by atoms with Gasteiger partial charge < -0.3 is 4.74 Å². The summed E-state index contributed by atoms with van der Waals surface area (Å²) in [4.78, 5) is 0. The lowest BCUT2D eigenvalue weighted by Gasteiger charge is -2.09. The maximum absolute atomic E-state index is 13.0. The lowest BCUT2D eigenvalue weighted by molar-refractivity contribution is 0.291. The van der Waals surface area contributed by atoms with Gasteiger partial charge in [-0.05, 0) is 53.0 Å². The minimum Gasteiger partial charge on any atom is -0.487 e. The van der Waals surface area contributed by atoms with Gasteiger partial charge in [0.05, 0.1) is 15.9 Å². The number of hydrogen-bond acceptors (Lipinski definition) is 2. The first-order valence-corrected chi connectivity index (χ1v) is 6.91. The molecule has 0 saturated heterocycles. The Morgan fingerprint density at radius 1 is 1.42 bits per heavy atom. The fraction of sp³-hybridized carbons (Fsp3) is 0.357. The van der Waals surface area contributed by atoms with Gasteiger partial charge in [-0.15, -0.1) is 0 Å². The number of ether oxygens (including phenoxy) is 1. The first kappa shape index (κ1) is 14.1. The van der Waals surface area contributed by atoms with E-state index in [-0.39, 0.29) is 5.82 Å². The molecule has 0 saturated carbocycles. The lowest BCUT2D eigenvalue weighted by Crippen LogP contribution is -2.04. The summed E-state index contributed by atoms with van der Waals surface area (Å²) in [6.45, 7) is 4.28. The molecule has 1 aromatic heterocycles. The van der Waals surface area contributed by atoms with Gasteiger partial charge in [0.2, 0.25) is 0 Å². The van der Waals surface area contributed by atoms with Crippen LogP contribution in [0.1, 0.15) is 23.9 Å². The third-order valence-corrected chi connectivity index (χ3v) is 3.92. The molecular formula is C14H16BrFN2O. The molecular weight excluding hydrogens is 311 g/mol. The molecule has 0 spiro atoms. The van der Waals surface area contributed by atoms with Crippen molar-refractivity contribution in [3.05, 3.63) is 45.4 Å². The van der Waals surface area contributed by atoms with E-state index in [2.05, 4.69) is 28.0 Å². The zero-order chi connectivity index (χ0) is 14.0. The van der Waals surface area contributed by atoms with Gasteiger partial charge in [-0.3, -0.25) is 4.68 Å². The Bertz CT molecular complexity index is 595. The van der Waals surface area contributed by atoms with Crippen LogP contribution >= 0.6 is 15.9 Å². The lowest BCUT2D eigenvalue weighted by atomic mass is 10.2. The number of aryl methyl sites for hydroxylation is 3. The average molecular weight is 327 g/mol. The first-order valence-electron chi connectivity index (χ1n) is 6.12. The van der Waals surface area contributed by atoms with E-state index in [9.17, 15) is 4.39 Å². The minimum absolute atomic E-state index is 0.250. The maximum Gasteiger partial charge on any atom is 0.131 e. The van der Waals surface area contributed by atoms with Crippen LogP contribution in [0, 0.1) is 12.7 Å². The van der Waals surface area contributed by atoms with Crippen LogP contribution in [-0.2, 0) is 20.1 Å². The monoisotopic (exact) mass is 326 g/mol. The van der Waals surface area contributed by atoms with Crippen LogP contribution in [0.2, 0.25) is 0 Å². The van der Waals surface area contributed by atoms with Crippen LogP contribution in [0.25, 0.3) is 0 Å². The highest BCUT2D eigenvalue weighted by Crippen LogP contribution is 2.24. The number of hydrogen-bond donors (Lipinski definition) is 0. The summed E-state index contributed by atoms with van der Waals surface area (Å²) in [5.41, 5.74) is 2.77. The third kappa shape index (κ3) is 2.97. The molecule has 19 heavy (non-hydrogen) atoms. The summed E-state index contributed by atoms with van der Waals surface area (Å²) >= 11 is 3.54. The van der Waals surface area contributed by atoms with Gasteiger partial charge in [-0.2, -0.15) is 5.10 Å². The fourth-order valence-corrected chi connectivity index (χ4v) is 2.63. The summed E-state index contributed by atoms with van der Waals surface area (Å²) in [7, 11) is 1.89. The molecule has 2 rings (SSSR count). The number of rotatable bonds is 4. The normalized spacial score (nSPS) is 10.8. The van der Waals surface area contributed by atoms with E-state index in [1.165, 1.54) is 12.1 Å². The van der Waals surface area contributed by atoms with Crippen molar-refractivity contribution in [2.75, 3.05) is 0 Å². The minimum atomic E-state index is -0.250. The highest BCUT2D eigenvalue weighted by atomic mass is 79.9. The Kier molecular flexibility index (Phi) is 4.24. The predicted octanol–water partition coefficient (Wildman–Crippen LogP) is 3.77. The van der Waals surface area contributed by atoms with Crippen LogP contribution < -0.4 is 4.74 Å². The molecule has 0 unspecified atom stereocenters. The Morgan fingerprint density at radius 3 is 2.74 bits per heavy atom. The Hall–Kier alpha value is -1.36. The molecule has 0 bridgehead atoms. The Morgan fingerprint density at radius 2 is 2.16 bits per heavy atom. The molecule has 0 atom stereocenters. The first-order chi connectivity index (χ1) is 9.02. The van der Waals surface area contributed by atoms with E-state index in [0.29, 0.717) is 12.4 Å². The van der Waals surface area contributed by atoms with Crippen molar-refractivity contribution in [1.82, 2.24) is 9.78 Å². The largest absolute Gasteiger partial charge is 0.487 e. The third-order valence-electron chi connectivity index (χ3n) is 3.00. The molecule has 1 heterocycles. The number of halogens is 2. The van der Waals surface area contributed by atoms with E-state index in [0.717, 1.165) is 27.8 Å².